The summed E-state index contributed by atoms with van der Waals surface area (Å²) in [5.41, 5.74) is 0. The summed E-state index contributed by atoms with van der Waals surface area (Å²) in [6.07, 6.45) is 1.57. The van der Waals surface area contributed by atoms with Crippen LogP contribution in [0.2, 0.25) is 0 Å². The minimum Gasteiger partial charge on any atom is -0.468 e. The Labute approximate surface area is 87.7 Å². The topological polar surface area (TPSA) is 69.7 Å². The Morgan fingerprint density at radius 3 is 1.80 bits per heavy atom. The molecule has 0 unspecified atom stereocenters. The first-order chi connectivity index (χ1) is 7.11. The van der Waals surface area contributed by atoms with Crippen LogP contribution in [-0.2, 0) is 23.9 Å². The maximum absolute atomic E-state index is 11.7. The van der Waals surface area contributed by atoms with E-state index in [2.05, 4.69) is 9.47 Å². The molecule has 84 valence electrons. The third kappa shape index (κ3) is 2.34. The van der Waals surface area contributed by atoms with Crippen LogP contribution in [-0.4, -0.2) is 31.9 Å². The van der Waals surface area contributed by atoms with E-state index in [1.54, 1.807) is 0 Å². The Hall–Kier alpha value is -1.39. The summed E-state index contributed by atoms with van der Waals surface area (Å²) in [7, 11) is 2.47. The second-order valence-electron chi connectivity index (χ2n) is 3.48. The zero-order valence-corrected chi connectivity index (χ0v) is 8.82. The summed E-state index contributed by atoms with van der Waals surface area (Å²) >= 11 is 0. The van der Waals surface area contributed by atoms with Crippen LogP contribution in [0.25, 0.3) is 0 Å². The molecule has 0 N–H and O–H groups in total. The first-order valence-electron chi connectivity index (χ1n) is 4.81. The fourth-order valence-corrected chi connectivity index (χ4v) is 1.81. The summed E-state index contributed by atoms with van der Waals surface area (Å²) in [6.45, 7) is 0. The standard InChI is InChI=1S/C10H14O5/c1-14-9(12)6-4-3-5-7(8(6)11)10(13)15-2/h6-7H,3-5H2,1-2H3/t6-,7-/m1/s1. The Kier molecular flexibility index (Phi) is 3.82. The third-order valence-electron chi connectivity index (χ3n) is 2.64. The van der Waals surface area contributed by atoms with Gasteiger partial charge in [0.1, 0.15) is 11.8 Å². The molecule has 0 aromatic rings. The number of ketones is 1. The lowest BCUT2D eigenvalue weighted by Crippen LogP contribution is -2.38. The molecule has 0 aromatic heterocycles. The van der Waals surface area contributed by atoms with Gasteiger partial charge in [-0.3, -0.25) is 14.4 Å². The van der Waals surface area contributed by atoms with Gasteiger partial charge in [0, 0.05) is 0 Å². The van der Waals surface area contributed by atoms with Gasteiger partial charge in [0.2, 0.25) is 0 Å². The van der Waals surface area contributed by atoms with Crippen molar-refractivity contribution in [3.05, 3.63) is 0 Å². The van der Waals surface area contributed by atoms with Gasteiger partial charge in [-0.05, 0) is 12.8 Å². The highest BCUT2D eigenvalue weighted by atomic mass is 16.5. The van der Waals surface area contributed by atoms with Crippen molar-refractivity contribution in [2.24, 2.45) is 11.8 Å². The van der Waals surface area contributed by atoms with Gasteiger partial charge < -0.3 is 9.47 Å². The lowest BCUT2D eigenvalue weighted by molar-refractivity contribution is -0.157. The van der Waals surface area contributed by atoms with Crippen LogP contribution < -0.4 is 0 Å². The number of carbonyl (C=O) groups excluding carboxylic acids is 3. The molecule has 1 saturated carbocycles. The molecule has 1 aliphatic carbocycles. The first-order valence-corrected chi connectivity index (χ1v) is 4.81. The molecule has 0 radical (unpaired) electrons. The average Bonchev–Trinajstić information content (AvgIpc) is 2.27. The van der Waals surface area contributed by atoms with Gasteiger partial charge in [-0.15, -0.1) is 0 Å². The Balaban J connectivity index is 2.75. The van der Waals surface area contributed by atoms with Gasteiger partial charge in [0.25, 0.3) is 0 Å². The first kappa shape index (κ1) is 11.7. The predicted molar refractivity (Wildman–Crippen MR) is 49.9 cm³/mol. The van der Waals surface area contributed by atoms with Crippen LogP contribution >= 0.6 is 0 Å². The Morgan fingerprint density at radius 1 is 1.07 bits per heavy atom. The van der Waals surface area contributed by atoms with E-state index in [1.807, 2.05) is 0 Å². The minimum atomic E-state index is -0.798. The SMILES string of the molecule is COC(=O)[C@@H]1CCC[C@@H](C(=O)OC)C1=O. The van der Waals surface area contributed by atoms with Crippen molar-refractivity contribution in [2.45, 2.75) is 19.3 Å². The molecule has 5 nitrogen and oxygen atoms in total. The van der Waals surface area contributed by atoms with Crippen molar-refractivity contribution in [3.8, 4) is 0 Å². The van der Waals surface area contributed by atoms with Crippen LogP contribution in [0.5, 0.6) is 0 Å². The van der Waals surface area contributed by atoms with E-state index in [4.69, 9.17) is 0 Å². The van der Waals surface area contributed by atoms with Gasteiger partial charge in [0.05, 0.1) is 14.2 Å². The van der Waals surface area contributed by atoms with Gasteiger partial charge in [-0.2, -0.15) is 0 Å². The van der Waals surface area contributed by atoms with Crippen LogP contribution in [0.1, 0.15) is 19.3 Å². The molecule has 1 fully saturated rings. The van der Waals surface area contributed by atoms with E-state index in [9.17, 15) is 14.4 Å². The molecule has 0 bridgehead atoms. The zero-order chi connectivity index (χ0) is 11.4. The number of methoxy groups -OCH3 is 2. The van der Waals surface area contributed by atoms with Gasteiger partial charge >= 0.3 is 11.9 Å². The highest BCUT2D eigenvalue weighted by Crippen LogP contribution is 2.27. The second kappa shape index (κ2) is 4.91. The monoisotopic (exact) mass is 214 g/mol. The smallest absolute Gasteiger partial charge is 0.316 e. The molecular weight excluding hydrogens is 200 g/mol. The van der Waals surface area contributed by atoms with Gasteiger partial charge in [-0.1, -0.05) is 6.42 Å². The fraction of sp³-hybridized carbons (Fsp3) is 0.700. The molecule has 0 heterocycles. The summed E-state index contributed by atoms with van der Waals surface area (Å²) in [4.78, 5) is 34.2. The van der Waals surface area contributed by atoms with E-state index in [1.165, 1.54) is 14.2 Å². The lowest BCUT2D eigenvalue weighted by atomic mass is 9.80. The number of hydrogen-bond acceptors (Lipinski definition) is 5. The lowest BCUT2D eigenvalue weighted by Gasteiger charge is -2.24. The normalized spacial score (nSPS) is 25.9. The molecule has 0 saturated heterocycles. The predicted octanol–water partition coefficient (Wildman–Crippen LogP) is 0.318. The van der Waals surface area contributed by atoms with Crippen molar-refractivity contribution < 1.29 is 23.9 Å². The Morgan fingerprint density at radius 2 is 1.47 bits per heavy atom. The fourth-order valence-electron chi connectivity index (χ4n) is 1.81. The van der Waals surface area contributed by atoms with E-state index < -0.39 is 23.8 Å². The second-order valence-corrected chi connectivity index (χ2v) is 3.48. The number of esters is 2. The largest absolute Gasteiger partial charge is 0.468 e. The van der Waals surface area contributed by atoms with E-state index >= 15 is 0 Å². The van der Waals surface area contributed by atoms with E-state index in [0.29, 0.717) is 19.3 Å². The number of carbonyl (C=O) groups is 3. The summed E-state index contributed by atoms with van der Waals surface area (Å²) in [5, 5.41) is 0. The molecule has 0 aromatic carbocycles. The molecule has 1 aliphatic rings. The average molecular weight is 214 g/mol. The van der Waals surface area contributed by atoms with E-state index in [-0.39, 0.29) is 5.78 Å². The third-order valence-corrected chi connectivity index (χ3v) is 2.64. The number of rotatable bonds is 2. The maximum atomic E-state index is 11.7. The molecule has 2 atom stereocenters. The number of ether oxygens (including phenoxy) is 2. The molecule has 1 rings (SSSR count). The molecule has 0 aliphatic heterocycles. The van der Waals surface area contributed by atoms with Crippen LogP contribution in [0.3, 0.4) is 0 Å². The van der Waals surface area contributed by atoms with Gasteiger partial charge in [0.15, 0.2) is 5.78 Å². The molecular formula is C10H14O5. The highest BCUT2D eigenvalue weighted by molar-refractivity contribution is 6.08. The van der Waals surface area contributed by atoms with Crippen molar-refractivity contribution in [3.63, 3.8) is 0 Å². The molecule has 15 heavy (non-hydrogen) atoms. The van der Waals surface area contributed by atoms with Crippen LogP contribution in [0.4, 0.5) is 0 Å². The van der Waals surface area contributed by atoms with Crippen molar-refractivity contribution >= 4 is 17.7 Å². The molecule has 0 spiro atoms. The zero-order valence-electron chi connectivity index (χ0n) is 8.82. The summed E-state index contributed by atoms with van der Waals surface area (Å²) < 4.78 is 9.02. The molecule has 0 amide bonds. The highest BCUT2D eigenvalue weighted by Gasteiger charge is 2.40. The number of hydrogen-bond donors (Lipinski definition) is 0. The van der Waals surface area contributed by atoms with Crippen molar-refractivity contribution in [2.75, 3.05) is 14.2 Å². The quantitative estimate of drug-likeness (QED) is 0.489. The summed E-state index contributed by atoms with van der Waals surface area (Å²) in [6, 6.07) is 0. The summed E-state index contributed by atoms with van der Waals surface area (Å²) in [5.74, 6) is -3.09. The van der Waals surface area contributed by atoms with Crippen molar-refractivity contribution in [1.29, 1.82) is 0 Å². The Bertz CT molecular complexity index is 258. The van der Waals surface area contributed by atoms with E-state index in [0.717, 1.165) is 0 Å². The molecule has 5 heteroatoms. The number of Topliss-reactive ketones (excluding diaryl/α,β-unsaturated/α-hetero) is 1. The van der Waals surface area contributed by atoms with Crippen LogP contribution in [0.15, 0.2) is 0 Å². The maximum Gasteiger partial charge on any atom is 0.316 e. The van der Waals surface area contributed by atoms with Gasteiger partial charge in [-0.25, -0.2) is 0 Å². The minimum absolute atomic E-state index is 0.375. The van der Waals surface area contributed by atoms with Crippen molar-refractivity contribution in [1.82, 2.24) is 0 Å². The van der Waals surface area contributed by atoms with Crippen LogP contribution in [0, 0.1) is 11.8 Å².